The predicted octanol–water partition coefficient (Wildman–Crippen LogP) is 2.22. The molecule has 0 fully saturated rings. The van der Waals surface area contributed by atoms with Gasteiger partial charge in [-0.3, -0.25) is 4.79 Å². The Balaban J connectivity index is 3.11. The Bertz CT molecular complexity index is 220. The fourth-order valence-corrected chi connectivity index (χ4v) is 1.45. The quantitative estimate of drug-likeness (QED) is 0.433. The van der Waals surface area contributed by atoms with Gasteiger partial charge >= 0.3 is 0 Å². The zero-order valence-corrected chi connectivity index (χ0v) is 13.2. The first kappa shape index (κ1) is 19.5. The van der Waals surface area contributed by atoms with Gasteiger partial charge in [-0.25, -0.2) is 0 Å². The summed E-state index contributed by atoms with van der Waals surface area (Å²) in [6.07, 6.45) is 2.43. The highest BCUT2D eigenvalue weighted by atomic mass is 16.6. The minimum Gasteiger partial charge on any atom is -0.379 e. The number of unbranched alkanes of at least 4 members (excludes halogenated alkanes) is 1. The standard InChI is InChI=1S/C15H30O5/c1-4-6-7-17-8-9-18-10-11-19-12-13-20-14(3)15(16)5-2/h14H,4-13H2,1-3H3. The van der Waals surface area contributed by atoms with Crippen molar-refractivity contribution >= 4 is 5.78 Å². The number of hydrogen-bond acceptors (Lipinski definition) is 5. The average molecular weight is 290 g/mol. The smallest absolute Gasteiger partial charge is 0.160 e. The SMILES string of the molecule is CCCCOCCOCCOCCOC(C)C(=O)CC. The lowest BCUT2D eigenvalue weighted by atomic mass is 10.2. The van der Waals surface area contributed by atoms with E-state index in [-0.39, 0.29) is 11.9 Å². The Morgan fingerprint density at radius 2 is 1.35 bits per heavy atom. The van der Waals surface area contributed by atoms with Crippen molar-refractivity contribution in [2.24, 2.45) is 0 Å². The molecule has 5 nitrogen and oxygen atoms in total. The number of rotatable bonds is 15. The Morgan fingerprint density at radius 3 is 1.85 bits per heavy atom. The summed E-state index contributed by atoms with van der Waals surface area (Å²) >= 11 is 0. The van der Waals surface area contributed by atoms with Gasteiger partial charge in [0.25, 0.3) is 0 Å². The largest absolute Gasteiger partial charge is 0.379 e. The lowest BCUT2D eigenvalue weighted by Crippen LogP contribution is -2.22. The van der Waals surface area contributed by atoms with Crippen LogP contribution in [0.1, 0.15) is 40.0 Å². The summed E-state index contributed by atoms with van der Waals surface area (Å²) in [5.41, 5.74) is 0. The first-order valence-corrected chi connectivity index (χ1v) is 7.59. The van der Waals surface area contributed by atoms with Crippen LogP contribution < -0.4 is 0 Å². The molecule has 0 saturated heterocycles. The van der Waals surface area contributed by atoms with Gasteiger partial charge in [-0.05, 0) is 13.3 Å². The van der Waals surface area contributed by atoms with Crippen molar-refractivity contribution in [2.75, 3.05) is 46.2 Å². The first-order chi connectivity index (χ1) is 9.72. The van der Waals surface area contributed by atoms with E-state index in [2.05, 4.69) is 6.92 Å². The fourth-order valence-electron chi connectivity index (χ4n) is 1.45. The van der Waals surface area contributed by atoms with Gasteiger partial charge in [-0.1, -0.05) is 20.3 Å². The molecule has 0 radical (unpaired) electrons. The summed E-state index contributed by atoms with van der Waals surface area (Å²) in [4.78, 5) is 11.2. The third-order valence-electron chi connectivity index (χ3n) is 2.78. The van der Waals surface area contributed by atoms with Gasteiger partial charge in [-0.2, -0.15) is 0 Å². The minimum atomic E-state index is -0.333. The van der Waals surface area contributed by atoms with Crippen LogP contribution in [-0.4, -0.2) is 58.1 Å². The third kappa shape index (κ3) is 12.5. The van der Waals surface area contributed by atoms with E-state index in [1.807, 2.05) is 6.92 Å². The molecular formula is C15H30O5. The van der Waals surface area contributed by atoms with E-state index in [1.165, 1.54) is 0 Å². The molecule has 5 heteroatoms. The van der Waals surface area contributed by atoms with Gasteiger partial charge in [0.15, 0.2) is 5.78 Å². The highest BCUT2D eigenvalue weighted by Crippen LogP contribution is 1.96. The summed E-state index contributed by atoms with van der Waals surface area (Å²) in [7, 11) is 0. The maximum absolute atomic E-state index is 11.2. The second-order valence-corrected chi connectivity index (χ2v) is 4.52. The van der Waals surface area contributed by atoms with E-state index in [0.717, 1.165) is 19.4 Å². The van der Waals surface area contributed by atoms with Crippen molar-refractivity contribution in [3.63, 3.8) is 0 Å². The fraction of sp³-hybridized carbons (Fsp3) is 0.933. The molecule has 0 aliphatic heterocycles. The van der Waals surface area contributed by atoms with Crippen molar-refractivity contribution in [1.82, 2.24) is 0 Å². The van der Waals surface area contributed by atoms with Gasteiger partial charge in [0.1, 0.15) is 6.10 Å². The number of carbonyl (C=O) groups is 1. The molecule has 0 N–H and O–H groups in total. The molecule has 0 heterocycles. The predicted molar refractivity (Wildman–Crippen MR) is 78.1 cm³/mol. The van der Waals surface area contributed by atoms with E-state index in [9.17, 15) is 4.79 Å². The number of hydrogen-bond donors (Lipinski definition) is 0. The van der Waals surface area contributed by atoms with Crippen molar-refractivity contribution in [1.29, 1.82) is 0 Å². The molecule has 0 amide bonds. The molecule has 0 aromatic rings. The van der Waals surface area contributed by atoms with Crippen LogP contribution in [0.3, 0.4) is 0 Å². The summed E-state index contributed by atoms with van der Waals surface area (Å²) < 4.78 is 21.4. The van der Waals surface area contributed by atoms with Gasteiger partial charge in [0, 0.05) is 13.0 Å². The van der Waals surface area contributed by atoms with Crippen LogP contribution >= 0.6 is 0 Å². The van der Waals surface area contributed by atoms with Crippen LogP contribution in [0.4, 0.5) is 0 Å². The Hall–Kier alpha value is -0.490. The highest BCUT2D eigenvalue weighted by molar-refractivity contribution is 5.82. The normalized spacial score (nSPS) is 12.6. The molecule has 0 spiro atoms. The Labute approximate surface area is 122 Å². The molecule has 0 bridgehead atoms. The second-order valence-electron chi connectivity index (χ2n) is 4.52. The van der Waals surface area contributed by atoms with E-state index < -0.39 is 0 Å². The number of ketones is 1. The molecule has 0 rings (SSSR count). The van der Waals surface area contributed by atoms with Crippen molar-refractivity contribution < 1.29 is 23.7 Å². The molecule has 0 aromatic carbocycles. The molecule has 0 aromatic heterocycles. The van der Waals surface area contributed by atoms with E-state index in [4.69, 9.17) is 18.9 Å². The average Bonchev–Trinajstić information content (AvgIpc) is 2.47. The number of carbonyl (C=O) groups excluding carboxylic acids is 1. The van der Waals surface area contributed by atoms with Gasteiger partial charge in [-0.15, -0.1) is 0 Å². The van der Waals surface area contributed by atoms with Crippen LogP contribution in [0.5, 0.6) is 0 Å². The molecule has 0 saturated carbocycles. The number of Topliss-reactive ketones (excluding diaryl/α,β-unsaturated/α-hetero) is 1. The lowest BCUT2D eigenvalue weighted by Gasteiger charge is -2.11. The van der Waals surface area contributed by atoms with Gasteiger partial charge in [0.2, 0.25) is 0 Å². The zero-order chi connectivity index (χ0) is 15.1. The minimum absolute atomic E-state index is 0.122. The highest BCUT2D eigenvalue weighted by Gasteiger charge is 2.09. The van der Waals surface area contributed by atoms with Gasteiger partial charge in [0.05, 0.1) is 39.6 Å². The van der Waals surface area contributed by atoms with Crippen molar-refractivity contribution in [3.05, 3.63) is 0 Å². The molecule has 1 atom stereocenters. The molecule has 20 heavy (non-hydrogen) atoms. The molecule has 0 aliphatic carbocycles. The summed E-state index contributed by atoms with van der Waals surface area (Å²) in [5.74, 6) is 0.122. The van der Waals surface area contributed by atoms with Crippen LogP contribution in [0.25, 0.3) is 0 Å². The van der Waals surface area contributed by atoms with E-state index >= 15 is 0 Å². The summed E-state index contributed by atoms with van der Waals surface area (Å²) in [6.45, 7) is 9.81. The van der Waals surface area contributed by atoms with Crippen LogP contribution in [0, 0.1) is 0 Å². The molecule has 1 unspecified atom stereocenters. The monoisotopic (exact) mass is 290 g/mol. The van der Waals surface area contributed by atoms with E-state index in [0.29, 0.717) is 46.1 Å². The Morgan fingerprint density at radius 1 is 0.850 bits per heavy atom. The molecule has 120 valence electrons. The third-order valence-corrected chi connectivity index (χ3v) is 2.78. The first-order valence-electron chi connectivity index (χ1n) is 7.59. The zero-order valence-electron chi connectivity index (χ0n) is 13.2. The number of ether oxygens (including phenoxy) is 4. The maximum atomic E-state index is 11.2. The second kappa shape index (κ2) is 14.9. The Kier molecular flexibility index (Phi) is 14.5. The molecular weight excluding hydrogens is 260 g/mol. The topological polar surface area (TPSA) is 54.0 Å². The van der Waals surface area contributed by atoms with Crippen molar-refractivity contribution in [2.45, 2.75) is 46.1 Å². The van der Waals surface area contributed by atoms with Crippen LogP contribution in [0.2, 0.25) is 0 Å². The summed E-state index contributed by atoms with van der Waals surface area (Å²) in [6, 6.07) is 0. The van der Waals surface area contributed by atoms with Crippen LogP contribution in [0.15, 0.2) is 0 Å². The lowest BCUT2D eigenvalue weighted by molar-refractivity contribution is -0.130. The molecule has 0 aliphatic rings. The van der Waals surface area contributed by atoms with Gasteiger partial charge < -0.3 is 18.9 Å². The van der Waals surface area contributed by atoms with Crippen molar-refractivity contribution in [3.8, 4) is 0 Å². The van der Waals surface area contributed by atoms with E-state index in [1.54, 1.807) is 6.92 Å². The maximum Gasteiger partial charge on any atom is 0.160 e. The summed E-state index contributed by atoms with van der Waals surface area (Å²) in [5, 5.41) is 0. The van der Waals surface area contributed by atoms with Crippen LogP contribution in [-0.2, 0) is 23.7 Å².